The zero-order chi connectivity index (χ0) is 4.99. The molecule has 0 aliphatic carbocycles. The quantitative estimate of drug-likeness (QED) is 0.489. The van der Waals surface area contributed by atoms with Gasteiger partial charge < -0.3 is 0 Å². The van der Waals surface area contributed by atoms with Crippen LogP contribution in [0.2, 0.25) is 0 Å². The summed E-state index contributed by atoms with van der Waals surface area (Å²) in [6.45, 7) is 4.19. The SMILES string of the molecule is CSC=C(C)C. The number of thioether (sulfide) groups is 1. The molecular weight excluding hydrogens is 92.1 g/mol. The van der Waals surface area contributed by atoms with Crippen LogP contribution in [0.3, 0.4) is 0 Å². The fraction of sp³-hybridized carbons (Fsp3) is 0.600. The van der Waals surface area contributed by atoms with Gasteiger partial charge in [0.15, 0.2) is 0 Å². The number of allylic oxidation sites excluding steroid dienone is 1. The van der Waals surface area contributed by atoms with E-state index in [1.54, 1.807) is 11.8 Å². The fourth-order valence-corrected chi connectivity index (χ4v) is 0.707. The number of hydrogen-bond donors (Lipinski definition) is 0. The lowest BCUT2D eigenvalue weighted by Crippen LogP contribution is -1.54. The van der Waals surface area contributed by atoms with Crippen molar-refractivity contribution in [3.63, 3.8) is 0 Å². The summed E-state index contributed by atoms with van der Waals surface area (Å²) >= 11 is 1.75. The van der Waals surface area contributed by atoms with Gasteiger partial charge in [0, 0.05) is 0 Å². The Hall–Kier alpha value is 0.0900. The van der Waals surface area contributed by atoms with Gasteiger partial charge in [-0.05, 0) is 25.5 Å². The van der Waals surface area contributed by atoms with E-state index in [0.717, 1.165) is 0 Å². The van der Waals surface area contributed by atoms with E-state index in [2.05, 4.69) is 25.5 Å². The Balaban J connectivity index is 3.14. The fourth-order valence-electron chi connectivity index (χ4n) is 0.236. The van der Waals surface area contributed by atoms with Crippen LogP contribution in [-0.2, 0) is 0 Å². The van der Waals surface area contributed by atoms with Crippen LogP contribution in [0.4, 0.5) is 0 Å². The van der Waals surface area contributed by atoms with Crippen LogP contribution < -0.4 is 0 Å². The lowest BCUT2D eigenvalue weighted by Gasteiger charge is -1.80. The van der Waals surface area contributed by atoms with E-state index in [9.17, 15) is 0 Å². The molecule has 0 aromatic rings. The summed E-state index contributed by atoms with van der Waals surface area (Å²) in [6, 6.07) is 0. The van der Waals surface area contributed by atoms with E-state index in [1.165, 1.54) is 5.57 Å². The molecule has 0 N–H and O–H groups in total. The van der Waals surface area contributed by atoms with Gasteiger partial charge in [0.2, 0.25) is 0 Å². The van der Waals surface area contributed by atoms with Crippen LogP contribution in [0.1, 0.15) is 13.8 Å². The van der Waals surface area contributed by atoms with Crippen molar-refractivity contribution >= 4 is 11.8 Å². The van der Waals surface area contributed by atoms with Gasteiger partial charge in [-0.3, -0.25) is 0 Å². The summed E-state index contributed by atoms with van der Waals surface area (Å²) in [4.78, 5) is 0. The predicted octanol–water partition coefficient (Wildman–Crippen LogP) is 2.27. The van der Waals surface area contributed by atoms with Crippen molar-refractivity contribution in [3.8, 4) is 0 Å². The smallest absolute Gasteiger partial charge is 0.0142 e. The minimum absolute atomic E-state index is 1.38. The maximum Gasteiger partial charge on any atom is -0.0142 e. The average molecular weight is 102 g/mol. The van der Waals surface area contributed by atoms with Crippen LogP contribution in [0, 0.1) is 0 Å². The minimum Gasteiger partial charge on any atom is -0.138 e. The first kappa shape index (κ1) is 6.09. The molecule has 0 saturated carbocycles. The molecule has 0 aliphatic rings. The van der Waals surface area contributed by atoms with E-state index in [1.807, 2.05) is 0 Å². The molecule has 0 saturated heterocycles. The molecule has 0 aliphatic heterocycles. The molecular formula is C5H10S. The number of rotatable bonds is 1. The highest BCUT2D eigenvalue weighted by molar-refractivity contribution is 8.01. The van der Waals surface area contributed by atoms with Gasteiger partial charge in [0.05, 0.1) is 0 Å². The zero-order valence-corrected chi connectivity index (χ0v) is 5.30. The summed E-state index contributed by atoms with van der Waals surface area (Å²) in [5, 5.41) is 2.12. The van der Waals surface area contributed by atoms with E-state index in [-0.39, 0.29) is 0 Å². The van der Waals surface area contributed by atoms with Gasteiger partial charge in [-0.15, -0.1) is 11.8 Å². The Morgan fingerprint density at radius 1 is 1.50 bits per heavy atom. The Morgan fingerprint density at radius 3 is 2.00 bits per heavy atom. The molecule has 0 amide bonds. The van der Waals surface area contributed by atoms with Crippen LogP contribution in [-0.4, -0.2) is 6.26 Å². The molecule has 0 heterocycles. The molecule has 0 fully saturated rings. The summed E-state index contributed by atoms with van der Waals surface area (Å²) in [6.07, 6.45) is 2.06. The molecule has 0 aromatic carbocycles. The molecule has 0 nitrogen and oxygen atoms in total. The van der Waals surface area contributed by atoms with E-state index >= 15 is 0 Å². The van der Waals surface area contributed by atoms with Crippen molar-refractivity contribution in [1.82, 2.24) is 0 Å². The highest BCUT2D eigenvalue weighted by Crippen LogP contribution is 1.98. The van der Waals surface area contributed by atoms with Gasteiger partial charge in [0.1, 0.15) is 0 Å². The molecule has 0 bridgehead atoms. The van der Waals surface area contributed by atoms with Crippen LogP contribution in [0.15, 0.2) is 11.0 Å². The Labute approximate surface area is 43.6 Å². The highest BCUT2D eigenvalue weighted by Gasteiger charge is 1.67. The van der Waals surface area contributed by atoms with E-state index in [0.29, 0.717) is 0 Å². The first-order valence-electron chi connectivity index (χ1n) is 1.93. The van der Waals surface area contributed by atoms with Crippen molar-refractivity contribution in [2.24, 2.45) is 0 Å². The zero-order valence-electron chi connectivity index (χ0n) is 4.49. The van der Waals surface area contributed by atoms with E-state index in [4.69, 9.17) is 0 Å². The van der Waals surface area contributed by atoms with Crippen molar-refractivity contribution in [3.05, 3.63) is 11.0 Å². The first-order valence-corrected chi connectivity index (χ1v) is 3.22. The molecule has 0 unspecified atom stereocenters. The monoisotopic (exact) mass is 102 g/mol. The molecule has 6 heavy (non-hydrogen) atoms. The molecule has 0 radical (unpaired) electrons. The van der Waals surface area contributed by atoms with E-state index < -0.39 is 0 Å². The summed E-state index contributed by atoms with van der Waals surface area (Å²) in [5.74, 6) is 0. The maximum atomic E-state index is 2.12. The molecule has 1 heteroatoms. The second kappa shape index (κ2) is 3.29. The van der Waals surface area contributed by atoms with Crippen LogP contribution >= 0.6 is 11.8 Å². The molecule has 0 aromatic heterocycles. The first-order chi connectivity index (χ1) is 2.77. The third-order valence-electron chi connectivity index (χ3n) is 0.354. The van der Waals surface area contributed by atoms with Crippen LogP contribution in [0.5, 0.6) is 0 Å². The van der Waals surface area contributed by atoms with Gasteiger partial charge >= 0.3 is 0 Å². The minimum atomic E-state index is 1.38. The third-order valence-corrected chi connectivity index (χ3v) is 1.06. The molecule has 0 rings (SSSR count). The van der Waals surface area contributed by atoms with Gasteiger partial charge in [-0.2, -0.15) is 0 Å². The normalized spacial score (nSPS) is 7.83. The third kappa shape index (κ3) is 4.09. The second-order valence-electron chi connectivity index (χ2n) is 1.43. The standard InChI is InChI=1S/C5H10S/c1-5(2)4-6-3/h4H,1-3H3. The maximum absolute atomic E-state index is 2.12. The van der Waals surface area contributed by atoms with Gasteiger partial charge in [0.25, 0.3) is 0 Å². The van der Waals surface area contributed by atoms with Crippen molar-refractivity contribution in [2.75, 3.05) is 6.26 Å². The lowest BCUT2D eigenvalue weighted by atomic mass is 10.4. The Morgan fingerprint density at radius 2 is 2.00 bits per heavy atom. The summed E-state index contributed by atoms with van der Waals surface area (Å²) in [7, 11) is 0. The van der Waals surface area contributed by atoms with Crippen molar-refractivity contribution in [1.29, 1.82) is 0 Å². The van der Waals surface area contributed by atoms with Crippen LogP contribution in [0.25, 0.3) is 0 Å². The molecule has 0 atom stereocenters. The highest BCUT2D eigenvalue weighted by atomic mass is 32.2. The number of hydrogen-bond acceptors (Lipinski definition) is 1. The largest absolute Gasteiger partial charge is 0.138 e. The van der Waals surface area contributed by atoms with Gasteiger partial charge in [-0.1, -0.05) is 5.57 Å². The average Bonchev–Trinajstić information content (AvgIpc) is 1.35. The van der Waals surface area contributed by atoms with Gasteiger partial charge in [-0.25, -0.2) is 0 Å². The topological polar surface area (TPSA) is 0 Å². The second-order valence-corrected chi connectivity index (χ2v) is 2.14. The van der Waals surface area contributed by atoms with Crippen molar-refractivity contribution < 1.29 is 0 Å². The predicted molar refractivity (Wildman–Crippen MR) is 32.9 cm³/mol. The van der Waals surface area contributed by atoms with Crippen molar-refractivity contribution in [2.45, 2.75) is 13.8 Å². The molecule has 0 spiro atoms. The molecule has 36 valence electrons. The Kier molecular flexibility index (Phi) is 3.34. The lowest BCUT2D eigenvalue weighted by molar-refractivity contribution is 1.42. The summed E-state index contributed by atoms with van der Waals surface area (Å²) < 4.78 is 0. The Bertz CT molecular complexity index is 51.0. The summed E-state index contributed by atoms with van der Waals surface area (Å²) in [5.41, 5.74) is 1.38.